The molecule has 1 aliphatic rings. The monoisotopic (exact) mass is 478 g/mol. The second kappa shape index (κ2) is 9.50. The molecule has 1 heterocycles. The molecule has 3 nitrogen and oxygen atoms in total. The molecule has 0 saturated heterocycles. The summed E-state index contributed by atoms with van der Waals surface area (Å²) >= 11 is 0. The van der Waals surface area contributed by atoms with Gasteiger partial charge in [-0.2, -0.15) is 0 Å². The quantitative estimate of drug-likeness (QED) is 0.227. The molecule has 2 rings (SSSR count). The normalized spacial score (nSPS) is 15.8. The van der Waals surface area contributed by atoms with E-state index in [1.54, 1.807) is 0 Å². The summed E-state index contributed by atoms with van der Waals surface area (Å²) in [7, 11) is 0. The van der Waals surface area contributed by atoms with Crippen LogP contribution < -0.4 is 0 Å². The largest absolute Gasteiger partial charge is 0.512 e. The van der Waals surface area contributed by atoms with Gasteiger partial charge in [-0.25, -0.2) is 0 Å². The Kier molecular flexibility index (Phi) is 8.84. The average Bonchev–Trinajstić information content (AvgIpc) is 2.38. The number of hydrogen-bond donors (Lipinski definition) is 1. The third-order valence-corrected chi connectivity index (χ3v) is 2.88. The van der Waals surface area contributed by atoms with Crippen LogP contribution in [0.2, 0.25) is 0 Å². The van der Waals surface area contributed by atoms with Crippen LogP contribution in [0, 0.1) is 11.5 Å². The summed E-state index contributed by atoms with van der Waals surface area (Å²) in [5.41, 5.74) is 2.29. The fourth-order valence-corrected chi connectivity index (χ4v) is 2.05. The minimum absolute atomic E-state index is 0. The number of benzene rings is 1. The molecule has 1 aromatic rings. The number of carbonyl (C=O) groups excluding carboxylic acids is 1. The Morgan fingerprint density at radius 3 is 2.45 bits per heavy atom. The maximum Gasteiger partial charge on any atom is 0.316 e. The third kappa shape index (κ3) is 6.97. The summed E-state index contributed by atoms with van der Waals surface area (Å²) in [6.07, 6.45) is 5.61. The van der Waals surface area contributed by atoms with Gasteiger partial charge >= 0.3 is 5.78 Å². The molecule has 0 saturated carbocycles. The van der Waals surface area contributed by atoms with Crippen molar-refractivity contribution in [2.24, 2.45) is 10.4 Å². The maximum absolute atomic E-state index is 8.40. The number of aliphatic hydroxyl groups excluding tert-OH is 1. The summed E-state index contributed by atoms with van der Waals surface area (Å²) in [6.45, 7) is 8.16. The number of rotatable bonds is 2. The van der Waals surface area contributed by atoms with Gasteiger partial charge in [0.25, 0.3) is 0 Å². The van der Waals surface area contributed by atoms with Gasteiger partial charge < -0.3 is 10.1 Å². The summed E-state index contributed by atoms with van der Waals surface area (Å²) in [6, 6.07) is 11.2. The van der Waals surface area contributed by atoms with E-state index >= 15 is 0 Å². The molecule has 0 aromatic heterocycles. The van der Waals surface area contributed by atoms with Crippen LogP contribution in [0.4, 0.5) is 0 Å². The van der Waals surface area contributed by atoms with Gasteiger partial charge in [0.1, 0.15) is 0 Å². The van der Waals surface area contributed by atoms with E-state index in [4.69, 9.17) is 9.90 Å². The minimum Gasteiger partial charge on any atom is -0.512 e. The molecule has 0 spiro atoms. The van der Waals surface area contributed by atoms with Crippen LogP contribution in [0.15, 0.2) is 53.2 Å². The van der Waals surface area contributed by atoms with E-state index in [9.17, 15) is 0 Å². The van der Waals surface area contributed by atoms with Crippen molar-refractivity contribution in [3.8, 4) is 0 Å². The Bertz CT molecular complexity index is 568. The number of nitrogens with zero attached hydrogens (tertiary/aromatic N) is 1. The molecule has 22 heavy (non-hydrogen) atoms. The molecule has 1 radical (unpaired) electrons. The van der Waals surface area contributed by atoms with E-state index in [1.165, 1.54) is 19.9 Å². The van der Waals surface area contributed by atoms with Gasteiger partial charge in [0.15, 0.2) is 0 Å². The Balaban J connectivity index is 0.000000478. The van der Waals surface area contributed by atoms with Gasteiger partial charge in [-0.15, -0.1) is 35.9 Å². The molecule has 1 aliphatic heterocycles. The molecule has 2 N–H and O–H groups in total. The van der Waals surface area contributed by atoms with Crippen molar-refractivity contribution in [2.75, 3.05) is 6.54 Å². The van der Waals surface area contributed by atoms with E-state index in [1.807, 2.05) is 18.2 Å². The second-order valence-corrected chi connectivity index (χ2v) is 5.52. The molecule has 0 fully saturated rings. The SMILES string of the molecule is CC(=[OH+])/C=C(/C)O.CC1(C)C=CCN=C1c1[c-]cccc1.[Ir]. The smallest absolute Gasteiger partial charge is 0.316 e. The Labute approximate surface area is 146 Å². The molecule has 121 valence electrons. The van der Waals surface area contributed by atoms with E-state index in [0.29, 0.717) is 0 Å². The molecule has 0 aliphatic carbocycles. The van der Waals surface area contributed by atoms with E-state index in [-0.39, 0.29) is 37.1 Å². The fraction of sp³-hybridized carbons (Fsp3) is 0.333. The Morgan fingerprint density at radius 1 is 1.36 bits per heavy atom. The number of allylic oxidation sites excluding steroid dienone is 3. The van der Waals surface area contributed by atoms with Crippen LogP contribution >= 0.6 is 0 Å². The van der Waals surface area contributed by atoms with Gasteiger partial charge in [-0.1, -0.05) is 26.0 Å². The average molecular weight is 478 g/mol. The van der Waals surface area contributed by atoms with Crippen LogP contribution in [-0.4, -0.2) is 27.9 Å². The second-order valence-electron chi connectivity index (χ2n) is 5.52. The molecule has 0 amide bonds. The predicted molar refractivity (Wildman–Crippen MR) is 88.6 cm³/mol. The van der Waals surface area contributed by atoms with Crippen molar-refractivity contribution in [2.45, 2.75) is 27.7 Å². The topological polar surface area (TPSA) is 54.0 Å². The first-order valence-corrected chi connectivity index (χ1v) is 6.92. The van der Waals surface area contributed by atoms with E-state index in [0.717, 1.165) is 17.8 Å². The van der Waals surface area contributed by atoms with Crippen LogP contribution in [0.1, 0.15) is 33.3 Å². The first-order chi connectivity index (χ1) is 9.83. The Morgan fingerprint density at radius 2 is 2.05 bits per heavy atom. The summed E-state index contributed by atoms with van der Waals surface area (Å²) in [5, 5.41) is 8.40. The van der Waals surface area contributed by atoms with Gasteiger partial charge in [-0.05, 0) is 18.1 Å². The van der Waals surface area contributed by atoms with Gasteiger partial charge in [0, 0.05) is 26.7 Å². The molecule has 4 heteroatoms. The predicted octanol–water partition coefficient (Wildman–Crippen LogP) is 3.88. The third-order valence-electron chi connectivity index (χ3n) is 2.88. The molecule has 0 atom stereocenters. The van der Waals surface area contributed by atoms with Crippen molar-refractivity contribution >= 4 is 11.5 Å². The molecular weight excluding hydrogens is 454 g/mol. The van der Waals surface area contributed by atoms with Gasteiger partial charge in [0.2, 0.25) is 0 Å². The minimum atomic E-state index is 0. The fourth-order valence-electron chi connectivity index (χ4n) is 2.05. The first kappa shape index (κ1) is 20.5. The van der Waals surface area contributed by atoms with Crippen LogP contribution in [0.25, 0.3) is 0 Å². The van der Waals surface area contributed by atoms with Crippen molar-refractivity contribution in [3.05, 3.63) is 59.9 Å². The summed E-state index contributed by atoms with van der Waals surface area (Å²) in [5.74, 6) is 0.250. The van der Waals surface area contributed by atoms with Crippen LogP contribution in [0.5, 0.6) is 0 Å². The van der Waals surface area contributed by atoms with Crippen molar-refractivity contribution in [1.82, 2.24) is 0 Å². The molecule has 0 bridgehead atoms. The Hall–Kier alpha value is -1.51. The van der Waals surface area contributed by atoms with Crippen molar-refractivity contribution < 1.29 is 30.0 Å². The number of hydrogen-bond acceptors (Lipinski definition) is 2. The number of ketones is 1. The molecule has 1 aromatic carbocycles. The van der Waals surface area contributed by atoms with Crippen molar-refractivity contribution in [3.63, 3.8) is 0 Å². The zero-order valence-electron chi connectivity index (χ0n) is 13.4. The first-order valence-electron chi connectivity index (χ1n) is 6.92. The van der Waals surface area contributed by atoms with Gasteiger partial charge in [0.05, 0.1) is 18.8 Å². The standard InChI is InChI=1S/C13H14N.C5H8O2.Ir/c1-13(2)9-6-10-14-12(13)11-7-4-3-5-8-11;1-4(6)3-5(2)7;/h3-7,9H,10H2,1-2H3;3,6H,1-2H3;/q-1;;/p+1/b;4-3-;. The zero-order valence-corrected chi connectivity index (χ0v) is 15.8. The molecule has 0 unspecified atom stereocenters. The maximum atomic E-state index is 8.40. The zero-order chi connectivity index (χ0) is 15.9. The van der Waals surface area contributed by atoms with Gasteiger partial charge in [-0.3, -0.25) is 4.79 Å². The van der Waals surface area contributed by atoms with Crippen molar-refractivity contribution in [1.29, 1.82) is 0 Å². The van der Waals surface area contributed by atoms with E-state index < -0.39 is 0 Å². The number of aliphatic imine (C=N–C) groups is 1. The van der Waals surface area contributed by atoms with Crippen LogP contribution in [-0.2, 0) is 20.1 Å². The molecular formula is C18H23IrNO2. The summed E-state index contributed by atoms with van der Waals surface area (Å²) in [4.78, 5) is 13.0. The number of aliphatic hydroxyl groups is 1. The van der Waals surface area contributed by atoms with E-state index in [2.05, 4.69) is 43.1 Å². The number of dihydropyridines is 1. The van der Waals surface area contributed by atoms with Crippen LogP contribution in [0.3, 0.4) is 0 Å². The summed E-state index contributed by atoms with van der Waals surface area (Å²) < 4.78 is 0.